The second kappa shape index (κ2) is 12.9. The first-order valence-corrected chi connectivity index (χ1v) is 10.9. The monoisotopic (exact) mass is 508 g/mol. The van der Waals surface area contributed by atoms with Gasteiger partial charge in [-0.3, -0.25) is 19.6 Å². The Morgan fingerprint density at radius 2 is 1.86 bits per heavy atom. The molecule has 0 spiro atoms. The Labute approximate surface area is 211 Å². The number of ether oxygens (including phenoxy) is 1. The number of hydrogen-bond donors (Lipinski definition) is 2. The van der Waals surface area contributed by atoms with Crippen LogP contribution in [-0.4, -0.2) is 46.1 Å². The van der Waals surface area contributed by atoms with Gasteiger partial charge in [0.05, 0.1) is 17.8 Å². The topological polar surface area (TPSA) is 111 Å². The summed E-state index contributed by atoms with van der Waals surface area (Å²) < 4.78 is 19.7. The van der Waals surface area contributed by atoms with Crippen LogP contribution >= 0.6 is 11.6 Å². The smallest absolute Gasteiger partial charge is 0.258 e. The lowest BCUT2D eigenvalue weighted by molar-refractivity contribution is -0.117. The number of methoxy groups -OCH3 is 1. The van der Waals surface area contributed by atoms with Crippen LogP contribution in [0.4, 0.5) is 4.39 Å². The number of halogens is 2. The molecule has 2 aromatic carbocycles. The van der Waals surface area contributed by atoms with Crippen molar-refractivity contribution in [1.82, 2.24) is 30.6 Å². The van der Waals surface area contributed by atoms with Crippen LogP contribution in [0.15, 0.2) is 72.9 Å². The van der Waals surface area contributed by atoms with Crippen LogP contribution in [-0.2, 0) is 4.79 Å². The number of hydrazine groups is 1. The summed E-state index contributed by atoms with van der Waals surface area (Å²) in [6, 6.07) is 16.3. The lowest BCUT2D eigenvalue weighted by atomic mass is 10.2. The number of carbonyl (C=O) groups is 2. The summed E-state index contributed by atoms with van der Waals surface area (Å²) in [4.78, 5) is 25.7. The molecule has 0 fully saturated rings. The van der Waals surface area contributed by atoms with Crippen molar-refractivity contribution in [2.45, 2.75) is 0 Å². The maximum absolute atomic E-state index is 13.3. The molecule has 0 aliphatic rings. The van der Waals surface area contributed by atoms with Crippen molar-refractivity contribution in [3.05, 3.63) is 95.2 Å². The van der Waals surface area contributed by atoms with E-state index in [0.29, 0.717) is 39.4 Å². The fourth-order valence-electron chi connectivity index (χ4n) is 2.99. The summed E-state index contributed by atoms with van der Waals surface area (Å²) in [5, 5.41) is 8.82. The number of pyridine rings is 1. The molecule has 0 saturated carbocycles. The van der Waals surface area contributed by atoms with E-state index in [1.54, 1.807) is 41.9 Å². The van der Waals surface area contributed by atoms with Gasteiger partial charge in [0, 0.05) is 36.5 Å². The molecule has 0 atom stereocenters. The molecule has 0 unspecified atom stereocenters. The normalized spacial score (nSPS) is 10.4. The molecular weight excluding hydrogens is 487 g/mol. The SMILES string of the molecule is CNNC(=O)/C=C/c1nnc(-c2ccc(F)cc2)n1-c1ccccc1Cl.COc1cc(C=O)ccn1. The molecular formula is C25H22ClFN6O3. The van der Waals surface area contributed by atoms with Crippen molar-refractivity contribution in [3.8, 4) is 23.0 Å². The summed E-state index contributed by atoms with van der Waals surface area (Å²) in [7, 11) is 3.10. The van der Waals surface area contributed by atoms with Gasteiger partial charge in [0.15, 0.2) is 11.6 Å². The zero-order chi connectivity index (χ0) is 25.9. The third-order valence-electron chi connectivity index (χ3n) is 4.62. The van der Waals surface area contributed by atoms with Gasteiger partial charge in [-0.05, 0) is 48.5 Å². The second-order valence-corrected chi connectivity index (χ2v) is 7.40. The summed E-state index contributed by atoms with van der Waals surface area (Å²) in [6.45, 7) is 0. The fraction of sp³-hybridized carbons (Fsp3) is 0.0800. The predicted octanol–water partition coefficient (Wildman–Crippen LogP) is 3.89. The third-order valence-corrected chi connectivity index (χ3v) is 4.94. The number of nitrogens with zero attached hydrogens (tertiary/aromatic N) is 4. The molecule has 2 aromatic heterocycles. The van der Waals surface area contributed by atoms with Crippen LogP contribution in [0.1, 0.15) is 16.2 Å². The Balaban J connectivity index is 0.000000303. The lowest BCUT2D eigenvalue weighted by Gasteiger charge is -2.10. The van der Waals surface area contributed by atoms with E-state index in [2.05, 4.69) is 26.0 Å². The summed E-state index contributed by atoms with van der Waals surface area (Å²) >= 11 is 6.33. The number of hydrogen-bond acceptors (Lipinski definition) is 7. The number of benzene rings is 2. The highest BCUT2D eigenvalue weighted by atomic mass is 35.5. The van der Waals surface area contributed by atoms with Gasteiger partial charge >= 0.3 is 0 Å². The van der Waals surface area contributed by atoms with E-state index < -0.39 is 0 Å². The van der Waals surface area contributed by atoms with E-state index in [1.807, 2.05) is 18.2 Å². The highest BCUT2D eigenvalue weighted by molar-refractivity contribution is 6.32. The van der Waals surface area contributed by atoms with Gasteiger partial charge in [0.1, 0.15) is 12.1 Å². The number of rotatable bonds is 7. The molecule has 11 heteroatoms. The van der Waals surface area contributed by atoms with Gasteiger partial charge in [-0.25, -0.2) is 14.8 Å². The lowest BCUT2D eigenvalue weighted by Crippen LogP contribution is -2.32. The molecule has 9 nitrogen and oxygen atoms in total. The number of carbonyl (C=O) groups excluding carboxylic acids is 2. The molecule has 2 N–H and O–H groups in total. The first kappa shape index (κ1) is 26.2. The van der Waals surface area contributed by atoms with Crippen molar-refractivity contribution < 1.29 is 18.7 Å². The van der Waals surface area contributed by atoms with Crippen LogP contribution in [0.5, 0.6) is 5.88 Å². The standard InChI is InChI=1S/C18H15ClFN5O.C7H7NO2/c1-21-23-17(26)11-10-16-22-24-18(12-6-8-13(20)9-7-12)25(16)15-5-3-2-4-14(15)19;1-10-7-4-6(5-9)2-3-8-7/h2-11,21H,1H3,(H,23,26);2-5H,1H3/b11-10+;. The van der Waals surface area contributed by atoms with Crippen LogP contribution in [0, 0.1) is 5.82 Å². The quantitative estimate of drug-likeness (QED) is 0.221. The van der Waals surface area contributed by atoms with Crippen LogP contribution in [0.3, 0.4) is 0 Å². The molecule has 0 aliphatic heterocycles. The molecule has 1 amide bonds. The number of nitrogens with one attached hydrogen (secondary N) is 2. The molecule has 4 aromatic rings. The fourth-order valence-corrected chi connectivity index (χ4v) is 3.21. The van der Waals surface area contributed by atoms with Crippen molar-refractivity contribution in [3.63, 3.8) is 0 Å². The average molecular weight is 509 g/mol. The Morgan fingerprint density at radius 1 is 1.11 bits per heavy atom. The van der Waals surface area contributed by atoms with E-state index in [4.69, 9.17) is 16.3 Å². The maximum Gasteiger partial charge on any atom is 0.258 e. The number of aldehydes is 1. The second-order valence-electron chi connectivity index (χ2n) is 7.00. The van der Waals surface area contributed by atoms with E-state index >= 15 is 0 Å². The highest BCUT2D eigenvalue weighted by Gasteiger charge is 2.16. The third kappa shape index (κ3) is 6.81. The Bertz CT molecular complexity index is 1360. The molecule has 0 aliphatic carbocycles. The summed E-state index contributed by atoms with van der Waals surface area (Å²) in [5.41, 5.74) is 6.86. The van der Waals surface area contributed by atoms with Crippen LogP contribution in [0.25, 0.3) is 23.2 Å². The Hall–Kier alpha value is -4.41. The minimum atomic E-state index is -0.346. The largest absolute Gasteiger partial charge is 0.481 e. The molecule has 4 rings (SSSR count). The Kier molecular flexibility index (Phi) is 9.38. The molecule has 0 radical (unpaired) electrons. The number of amides is 1. The molecule has 2 heterocycles. The molecule has 0 saturated heterocycles. The number of aromatic nitrogens is 4. The van der Waals surface area contributed by atoms with Crippen LogP contribution < -0.4 is 15.6 Å². The zero-order valence-electron chi connectivity index (χ0n) is 19.4. The van der Waals surface area contributed by atoms with E-state index in [9.17, 15) is 14.0 Å². The minimum absolute atomic E-state index is 0.343. The average Bonchev–Trinajstić information content (AvgIpc) is 3.32. The van der Waals surface area contributed by atoms with Gasteiger partial charge in [0.25, 0.3) is 5.91 Å². The maximum atomic E-state index is 13.3. The van der Waals surface area contributed by atoms with Gasteiger partial charge < -0.3 is 4.74 Å². The Morgan fingerprint density at radius 3 is 2.53 bits per heavy atom. The van der Waals surface area contributed by atoms with Crippen molar-refractivity contribution >= 4 is 29.9 Å². The van der Waals surface area contributed by atoms with E-state index in [1.165, 1.54) is 37.6 Å². The van der Waals surface area contributed by atoms with Crippen molar-refractivity contribution in [2.75, 3.05) is 14.2 Å². The minimum Gasteiger partial charge on any atom is -0.481 e. The summed E-state index contributed by atoms with van der Waals surface area (Å²) in [5.74, 6) is 0.658. The molecule has 36 heavy (non-hydrogen) atoms. The van der Waals surface area contributed by atoms with Gasteiger partial charge in [-0.1, -0.05) is 23.7 Å². The first-order valence-electron chi connectivity index (χ1n) is 10.5. The molecule has 184 valence electrons. The first-order chi connectivity index (χ1) is 17.5. The number of para-hydroxylation sites is 1. The zero-order valence-corrected chi connectivity index (χ0v) is 20.1. The predicted molar refractivity (Wildman–Crippen MR) is 134 cm³/mol. The highest BCUT2D eigenvalue weighted by Crippen LogP contribution is 2.28. The summed E-state index contributed by atoms with van der Waals surface area (Å²) in [6.07, 6.45) is 5.13. The molecule has 0 bridgehead atoms. The van der Waals surface area contributed by atoms with Gasteiger partial charge in [-0.15, -0.1) is 10.2 Å². The van der Waals surface area contributed by atoms with E-state index in [0.717, 1.165) is 6.29 Å². The van der Waals surface area contributed by atoms with Gasteiger partial charge in [-0.2, -0.15) is 0 Å². The van der Waals surface area contributed by atoms with Gasteiger partial charge in [0.2, 0.25) is 5.88 Å². The van der Waals surface area contributed by atoms with Crippen molar-refractivity contribution in [2.24, 2.45) is 0 Å². The van der Waals surface area contributed by atoms with Crippen molar-refractivity contribution in [1.29, 1.82) is 0 Å². The van der Waals surface area contributed by atoms with E-state index in [-0.39, 0.29) is 11.7 Å². The van der Waals surface area contributed by atoms with Crippen LogP contribution in [0.2, 0.25) is 5.02 Å².